The van der Waals surface area contributed by atoms with Gasteiger partial charge in [0.15, 0.2) is 6.29 Å². The molecule has 0 aromatic rings. The number of nitrogens with zero attached hydrogens (tertiary/aromatic N) is 1. The van der Waals surface area contributed by atoms with Crippen molar-refractivity contribution in [2.75, 3.05) is 34.4 Å². The van der Waals surface area contributed by atoms with E-state index in [4.69, 9.17) is 9.47 Å². The van der Waals surface area contributed by atoms with Crippen LogP contribution >= 0.6 is 0 Å². The van der Waals surface area contributed by atoms with Crippen LogP contribution in [0, 0.1) is 5.92 Å². The van der Waals surface area contributed by atoms with Crippen LogP contribution in [0.2, 0.25) is 0 Å². The van der Waals surface area contributed by atoms with E-state index < -0.39 is 0 Å². The number of likely N-dealkylation sites (N-methyl/N-ethyl adjacent to an activating group) is 1. The highest BCUT2D eigenvalue weighted by molar-refractivity contribution is 4.73. The minimum Gasteiger partial charge on any atom is -0.355 e. The Morgan fingerprint density at radius 3 is 2.43 bits per heavy atom. The number of hydrogen-bond donors (Lipinski definition) is 0. The number of ether oxygens (including phenoxy) is 2. The van der Waals surface area contributed by atoms with Crippen molar-refractivity contribution < 1.29 is 9.47 Å². The molecule has 0 saturated heterocycles. The molecule has 0 atom stereocenters. The fourth-order valence-electron chi connectivity index (χ4n) is 1.65. The third-order valence-electron chi connectivity index (χ3n) is 2.84. The molecule has 0 bridgehead atoms. The minimum atomic E-state index is -0.0825. The summed E-state index contributed by atoms with van der Waals surface area (Å²) < 4.78 is 10.3. The number of hydrogen-bond acceptors (Lipinski definition) is 3. The summed E-state index contributed by atoms with van der Waals surface area (Å²) in [5.41, 5.74) is 0. The Bertz CT molecular complexity index is 144. The SMILES string of the molecule is COC(CN(C)CCCC1CC1)OC. The van der Waals surface area contributed by atoms with E-state index in [0.717, 1.165) is 19.0 Å². The van der Waals surface area contributed by atoms with Gasteiger partial charge in [0.25, 0.3) is 0 Å². The van der Waals surface area contributed by atoms with Crippen molar-refractivity contribution in [3.63, 3.8) is 0 Å². The lowest BCUT2D eigenvalue weighted by Crippen LogP contribution is -2.32. The van der Waals surface area contributed by atoms with Gasteiger partial charge in [-0.05, 0) is 32.4 Å². The van der Waals surface area contributed by atoms with Crippen LogP contribution in [0.1, 0.15) is 25.7 Å². The first-order chi connectivity index (χ1) is 6.76. The molecule has 1 fully saturated rings. The summed E-state index contributed by atoms with van der Waals surface area (Å²) in [5.74, 6) is 1.05. The van der Waals surface area contributed by atoms with E-state index in [9.17, 15) is 0 Å². The highest BCUT2D eigenvalue weighted by Gasteiger charge is 2.20. The predicted octanol–water partition coefficient (Wildman–Crippen LogP) is 1.73. The quantitative estimate of drug-likeness (QED) is 0.558. The molecule has 0 unspecified atom stereocenters. The average Bonchev–Trinajstić information content (AvgIpc) is 2.98. The molecule has 0 heterocycles. The van der Waals surface area contributed by atoms with E-state index >= 15 is 0 Å². The van der Waals surface area contributed by atoms with Crippen LogP contribution in [-0.4, -0.2) is 45.5 Å². The Morgan fingerprint density at radius 1 is 1.29 bits per heavy atom. The van der Waals surface area contributed by atoms with Gasteiger partial charge in [0, 0.05) is 20.8 Å². The summed E-state index contributed by atoms with van der Waals surface area (Å²) in [6, 6.07) is 0. The van der Waals surface area contributed by atoms with Gasteiger partial charge in [-0.15, -0.1) is 0 Å². The van der Waals surface area contributed by atoms with Crippen molar-refractivity contribution in [3.8, 4) is 0 Å². The Morgan fingerprint density at radius 2 is 1.93 bits per heavy atom. The molecule has 0 aliphatic heterocycles. The largest absolute Gasteiger partial charge is 0.355 e. The first kappa shape index (κ1) is 12.0. The van der Waals surface area contributed by atoms with E-state index in [1.807, 2.05) is 0 Å². The summed E-state index contributed by atoms with van der Waals surface area (Å²) in [5, 5.41) is 0. The first-order valence-corrected chi connectivity index (χ1v) is 5.50. The smallest absolute Gasteiger partial charge is 0.169 e. The van der Waals surface area contributed by atoms with Crippen molar-refractivity contribution in [1.29, 1.82) is 0 Å². The summed E-state index contributed by atoms with van der Waals surface area (Å²) in [4.78, 5) is 2.28. The van der Waals surface area contributed by atoms with Crippen LogP contribution in [0.5, 0.6) is 0 Å². The monoisotopic (exact) mass is 201 g/mol. The molecule has 14 heavy (non-hydrogen) atoms. The Labute approximate surface area is 87.4 Å². The lowest BCUT2D eigenvalue weighted by molar-refractivity contribution is -0.113. The van der Waals surface area contributed by atoms with E-state index in [1.54, 1.807) is 14.2 Å². The van der Waals surface area contributed by atoms with Gasteiger partial charge >= 0.3 is 0 Å². The summed E-state index contributed by atoms with van der Waals surface area (Å²) >= 11 is 0. The zero-order valence-corrected chi connectivity index (χ0v) is 9.66. The molecule has 3 nitrogen and oxygen atoms in total. The fourth-order valence-corrected chi connectivity index (χ4v) is 1.65. The molecule has 0 spiro atoms. The molecular formula is C11H23NO2. The van der Waals surface area contributed by atoms with Crippen molar-refractivity contribution in [2.24, 2.45) is 5.92 Å². The molecular weight excluding hydrogens is 178 g/mol. The fraction of sp³-hybridized carbons (Fsp3) is 1.00. The highest BCUT2D eigenvalue weighted by atomic mass is 16.7. The maximum atomic E-state index is 5.15. The third-order valence-corrected chi connectivity index (χ3v) is 2.84. The number of rotatable bonds is 8. The van der Waals surface area contributed by atoms with Crippen LogP contribution in [0.15, 0.2) is 0 Å². The third kappa shape index (κ3) is 4.94. The first-order valence-electron chi connectivity index (χ1n) is 5.50. The van der Waals surface area contributed by atoms with Gasteiger partial charge in [-0.2, -0.15) is 0 Å². The van der Waals surface area contributed by atoms with Crippen molar-refractivity contribution in [2.45, 2.75) is 32.0 Å². The molecule has 1 aliphatic rings. The zero-order chi connectivity index (χ0) is 10.4. The van der Waals surface area contributed by atoms with Gasteiger partial charge in [-0.1, -0.05) is 12.8 Å². The summed E-state index contributed by atoms with van der Waals surface area (Å²) in [6.45, 7) is 2.01. The van der Waals surface area contributed by atoms with Gasteiger partial charge in [0.2, 0.25) is 0 Å². The van der Waals surface area contributed by atoms with Gasteiger partial charge in [0.05, 0.1) is 0 Å². The molecule has 3 heteroatoms. The van der Waals surface area contributed by atoms with Gasteiger partial charge < -0.3 is 14.4 Å². The lowest BCUT2D eigenvalue weighted by Gasteiger charge is -2.21. The predicted molar refractivity (Wildman–Crippen MR) is 57.3 cm³/mol. The molecule has 1 saturated carbocycles. The van der Waals surface area contributed by atoms with E-state index in [-0.39, 0.29) is 6.29 Å². The molecule has 1 aliphatic carbocycles. The molecule has 0 aromatic carbocycles. The van der Waals surface area contributed by atoms with Crippen LogP contribution < -0.4 is 0 Å². The Balaban J connectivity index is 1.98. The summed E-state index contributed by atoms with van der Waals surface area (Å²) in [6.07, 6.45) is 5.54. The summed E-state index contributed by atoms with van der Waals surface area (Å²) in [7, 11) is 5.50. The van der Waals surface area contributed by atoms with Gasteiger partial charge in [-0.25, -0.2) is 0 Å². The minimum absolute atomic E-state index is 0.0825. The van der Waals surface area contributed by atoms with Crippen molar-refractivity contribution in [1.82, 2.24) is 4.90 Å². The van der Waals surface area contributed by atoms with Crippen molar-refractivity contribution >= 4 is 0 Å². The Hall–Kier alpha value is -0.120. The average molecular weight is 201 g/mol. The normalized spacial score (nSPS) is 16.9. The van der Waals surface area contributed by atoms with Crippen LogP contribution in [0.3, 0.4) is 0 Å². The topological polar surface area (TPSA) is 21.7 Å². The lowest BCUT2D eigenvalue weighted by atomic mass is 10.2. The number of methoxy groups -OCH3 is 2. The van der Waals surface area contributed by atoms with Crippen molar-refractivity contribution in [3.05, 3.63) is 0 Å². The highest BCUT2D eigenvalue weighted by Crippen LogP contribution is 2.33. The molecule has 0 radical (unpaired) electrons. The molecule has 84 valence electrons. The maximum Gasteiger partial charge on any atom is 0.169 e. The standard InChI is InChI=1S/C11H23NO2/c1-12(9-11(13-2)14-3)8-4-5-10-6-7-10/h10-11H,4-9H2,1-3H3. The Kier molecular flexibility index (Phi) is 5.45. The zero-order valence-electron chi connectivity index (χ0n) is 9.66. The second-order valence-electron chi connectivity index (χ2n) is 4.25. The molecule has 0 N–H and O–H groups in total. The van der Waals surface area contributed by atoms with Crippen LogP contribution in [-0.2, 0) is 9.47 Å². The maximum absolute atomic E-state index is 5.15. The molecule has 0 amide bonds. The van der Waals surface area contributed by atoms with E-state index in [1.165, 1.54) is 25.7 Å². The van der Waals surface area contributed by atoms with Crippen LogP contribution in [0.4, 0.5) is 0 Å². The second kappa shape index (κ2) is 6.38. The van der Waals surface area contributed by atoms with Gasteiger partial charge in [-0.3, -0.25) is 0 Å². The molecule has 1 rings (SSSR count). The molecule has 0 aromatic heterocycles. The van der Waals surface area contributed by atoms with E-state index in [0.29, 0.717) is 0 Å². The van der Waals surface area contributed by atoms with Gasteiger partial charge in [0.1, 0.15) is 0 Å². The van der Waals surface area contributed by atoms with E-state index in [2.05, 4.69) is 11.9 Å². The second-order valence-corrected chi connectivity index (χ2v) is 4.25. The van der Waals surface area contributed by atoms with Crippen LogP contribution in [0.25, 0.3) is 0 Å².